The smallest absolute Gasteiger partial charge is 0.254 e. The first-order valence-corrected chi connectivity index (χ1v) is 5.32. The number of nitrogens with zero attached hydrogens (tertiary/aromatic N) is 3. The molecule has 90 valence electrons. The number of hydrogen-bond acceptors (Lipinski definition) is 4. The lowest BCUT2D eigenvalue weighted by Gasteiger charge is -2.27. The fourth-order valence-electron chi connectivity index (χ4n) is 1.26. The van der Waals surface area contributed by atoms with Gasteiger partial charge >= 0.3 is 0 Å². The molecule has 0 bridgehead atoms. The van der Waals surface area contributed by atoms with Crippen LogP contribution in [0, 0.1) is 5.41 Å². The van der Waals surface area contributed by atoms with E-state index in [1.807, 2.05) is 20.8 Å². The molecule has 16 heavy (non-hydrogen) atoms. The Labute approximate surface area is 94.9 Å². The average molecular weight is 226 g/mol. The number of guanidine groups is 1. The standard InChI is InChI=1S/C10H18N4O2/c1-10(2,3)7-8(16)12-9(14-13-7)11-5-4-6-15/h7,15H,4-6H2,1-3H3,(H,11,12,16). The van der Waals surface area contributed by atoms with Crippen LogP contribution in [0.15, 0.2) is 15.2 Å². The van der Waals surface area contributed by atoms with E-state index in [1.54, 1.807) is 0 Å². The largest absolute Gasteiger partial charge is 0.396 e. The number of carbonyl (C=O) groups excluding carboxylic acids is 1. The molecule has 6 nitrogen and oxygen atoms in total. The molecule has 1 rings (SSSR count). The Morgan fingerprint density at radius 1 is 1.50 bits per heavy atom. The van der Waals surface area contributed by atoms with E-state index < -0.39 is 6.04 Å². The molecule has 0 aromatic heterocycles. The van der Waals surface area contributed by atoms with Crippen molar-refractivity contribution in [2.75, 3.05) is 13.2 Å². The minimum Gasteiger partial charge on any atom is -0.396 e. The van der Waals surface area contributed by atoms with Crippen molar-refractivity contribution in [1.29, 1.82) is 0 Å². The van der Waals surface area contributed by atoms with Crippen molar-refractivity contribution in [2.24, 2.45) is 20.6 Å². The molecule has 0 aliphatic carbocycles. The van der Waals surface area contributed by atoms with Gasteiger partial charge in [-0.2, -0.15) is 5.11 Å². The summed E-state index contributed by atoms with van der Waals surface area (Å²) >= 11 is 0. The van der Waals surface area contributed by atoms with E-state index in [-0.39, 0.29) is 23.9 Å². The van der Waals surface area contributed by atoms with Gasteiger partial charge in [0.05, 0.1) is 0 Å². The van der Waals surface area contributed by atoms with Crippen molar-refractivity contribution in [3.05, 3.63) is 0 Å². The molecule has 0 saturated heterocycles. The summed E-state index contributed by atoms with van der Waals surface area (Å²) in [4.78, 5) is 15.7. The molecule has 2 N–H and O–H groups in total. The van der Waals surface area contributed by atoms with Crippen LogP contribution in [0.1, 0.15) is 27.2 Å². The molecule has 1 unspecified atom stereocenters. The van der Waals surface area contributed by atoms with Gasteiger partial charge in [0.2, 0.25) is 5.96 Å². The Bertz CT molecular complexity index is 317. The van der Waals surface area contributed by atoms with Gasteiger partial charge in [-0.15, -0.1) is 5.11 Å². The van der Waals surface area contributed by atoms with Crippen molar-refractivity contribution in [3.63, 3.8) is 0 Å². The van der Waals surface area contributed by atoms with Crippen molar-refractivity contribution < 1.29 is 9.90 Å². The normalized spacial score (nSPS) is 23.6. The average Bonchev–Trinajstić information content (AvgIpc) is 2.16. The number of aliphatic hydroxyl groups is 1. The minimum absolute atomic E-state index is 0.0759. The van der Waals surface area contributed by atoms with Crippen LogP contribution in [0.5, 0.6) is 0 Å². The first kappa shape index (κ1) is 12.8. The van der Waals surface area contributed by atoms with Gasteiger partial charge < -0.3 is 5.11 Å². The number of rotatable bonds is 3. The molecular formula is C10H18N4O2. The van der Waals surface area contributed by atoms with Gasteiger partial charge in [0.25, 0.3) is 5.91 Å². The van der Waals surface area contributed by atoms with E-state index in [2.05, 4.69) is 20.5 Å². The Hall–Kier alpha value is -1.30. The number of aliphatic hydroxyl groups excluding tert-OH is 1. The van der Waals surface area contributed by atoms with Crippen molar-refractivity contribution in [1.82, 2.24) is 5.32 Å². The third kappa shape index (κ3) is 3.37. The molecule has 1 aliphatic heterocycles. The maximum absolute atomic E-state index is 11.7. The summed E-state index contributed by atoms with van der Waals surface area (Å²) < 4.78 is 0. The molecular weight excluding hydrogens is 208 g/mol. The molecule has 0 fully saturated rings. The summed E-state index contributed by atoms with van der Waals surface area (Å²) in [5.74, 6) is 0.0594. The predicted octanol–water partition coefficient (Wildman–Crippen LogP) is 0.721. The molecule has 0 radical (unpaired) electrons. The molecule has 6 heteroatoms. The molecule has 1 amide bonds. The van der Waals surface area contributed by atoms with Gasteiger partial charge in [0, 0.05) is 13.2 Å². The van der Waals surface area contributed by atoms with E-state index >= 15 is 0 Å². The molecule has 1 atom stereocenters. The Kier molecular flexibility index (Phi) is 4.12. The van der Waals surface area contributed by atoms with Crippen LogP contribution in [0.4, 0.5) is 0 Å². The lowest BCUT2D eigenvalue weighted by molar-refractivity contribution is -0.123. The molecule has 0 aromatic carbocycles. The molecule has 0 spiro atoms. The highest BCUT2D eigenvalue weighted by molar-refractivity contribution is 6.01. The fourth-order valence-corrected chi connectivity index (χ4v) is 1.26. The van der Waals surface area contributed by atoms with Crippen molar-refractivity contribution in [3.8, 4) is 0 Å². The third-order valence-corrected chi connectivity index (χ3v) is 2.15. The molecule has 1 heterocycles. The van der Waals surface area contributed by atoms with Crippen molar-refractivity contribution in [2.45, 2.75) is 33.2 Å². The number of aliphatic imine (C=N–C) groups is 1. The summed E-state index contributed by atoms with van der Waals surface area (Å²) in [5, 5.41) is 19.0. The molecule has 0 saturated carbocycles. The van der Waals surface area contributed by atoms with Crippen LogP contribution in [-0.4, -0.2) is 36.2 Å². The second kappa shape index (κ2) is 5.16. The van der Waals surface area contributed by atoms with Crippen LogP contribution >= 0.6 is 0 Å². The Balaban J connectivity index is 2.67. The molecule has 0 aromatic rings. The van der Waals surface area contributed by atoms with Crippen molar-refractivity contribution >= 4 is 11.9 Å². The van der Waals surface area contributed by atoms with Gasteiger partial charge in [-0.25, -0.2) is 4.99 Å². The number of hydrogen-bond donors (Lipinski definition) is 2. The highest BCUT2D eigenvalue weighted by Gasteiger charge is 2.34. The fraction of sp³-hybridized carbons (Fsp3) is 0.800. The van der Waals surface area contributed by atoms with Crippen LogP contribution in [0.25, 0.3) is 0 Å². The van der Waals surface area contributed by atoms with Gasteiger partial charge in [-0.05, 0) is 11.8 Å². The predicted molar refractivity (Wildman–Crippen MR) is 60.2 cm³/mol. The first-order chi connectivity index (χ1) is 7.45. The summed E-state index contributed by atoms with van der Waals surface area (Å²) in [7, 11) is 0. The summed E-state index contributed by atoms with van der Waals surface area (Å²) in [6, 6.07) is -0.468. The second-order valence-electron chi connectivity index (χ2n) is 4.76. The summed E-state index contributed by atoms with van der Waals surface area (Å²) in [5.41, 5.74) is -0.246. The number of azo groups is 1. The zero-order valence-corrected chi connectivity index (χ0v) is 9.90. The van der Waals surface area contributed by atoms with Crippen LogP contribution < -0.4 is 5.32 Å². The van der Waals surface area contributed by atoms with Gasteiger partial charge in [-0.3, -0.25) is 10.1 Å². The SMILES string of the molecule is CC(C)(C)C1N=NC(=NCCCO)NC1=O. The Morgan fingerprint density at radius 3 is 2.69 bits per heavy atom. The number of nitrogens with one attached hydrogen (secondary N) is 1. The van der Waals surface area contributed by atoms with E-state index in [0.29, 0.717) is 13.0 Å². The third-order valence-electron chi connectivity index (χ3n) is 2.15. The van der Waals surface area contributed by atoms with Gasteiger partial charge in [-0.1, -0.05) is 20.8 Å². The van der Waals surface area contributed by atoms with Crippen LogP contribution in [-0.2, 0) is 4.79 Å². The van der Waals surface area contributed by atoms with E-state index in [9.17, 15) is 4.79 Å². The van der Waals surface area contributed by atoms with E-state index in [4.69, 9.17) is 5.11 Å². The summed E-state index contributed by atoms with van der Waals surface area (Å²) in [6.07, 6.45) is 0.553. The van der Waals surface area contributed by atoms with Gasteiger partial charge in [0.1, 0.15) is 0 Å². The second-order valence-corrected chi connectivity index (χ2v) is 4.76. The maximum atomic E-state index is 11.7. The quantitative estimate of drug-likeness (QED) is 0.695. The van der Waals surface area contributed by atoms with E-state index in [1.165, 1.54) is 0 Å². The highest BCUT2D eigenvalue weighted by Crippen LogP contribution is 2.24. The lowest BCUT2D eigenvalue weighted by Crippen LogP contribution is -2.46. The maximum Gasteiger partial charge on any atom is 0.254 e. The number of amides is 1. The molecule has 1 aliphatic rings. The minimum atomic E-state index is -0.468. The monoisotopic (exact) mass is 226 g/mol. The topological polar surface area (TPSA) is 86.4 Å². The lowest BCUT2D eigenvalue weighted by atomic mass is 9.86. The first-order valence-electron chi connectivity index (χ1n) is 5.32. The van der Waals surface area contributed by atoms with Crippen LogP contribution in [0.3, 0.4) is 0 Å². The summed E-state index contributed by atoms with van der Waals surface area (Å²) in [6.45, 7) is 6.32. The number of carbonyl (C=O) groups is 1. The van der Waals surface area contributed by atoms with Crippen LogP contribution in [0.2, 0.25) is 0 Å². The Morgan fingerprint density at radius 2 is 2.19 bits per heavy atom. The van der Waals surface area contributed by atoms with Gasteiger partial charge in [0.15, 0.2) is 6.04 Å². The zero-order valence-electron chi connectivity index (χ0n) is 9.90. The zero-order chi connectivity index (χ0) is 12.2. The van der Waals surface area contributed by atoms with E-state index in [0.717, 1.165) is 0 Å². The highest BCUT2D eigenvalue weighted by atomic mass is 16.3.